The summed E-state index contributed by atoms with van der Waals surface area (Å²) in [5, 5.41) is 9.74. The second-order valence-corrected chi connectivity index (χ2v) is 22.3. The lowest BCUT2D eigenvalue weighted by Gasteiger charge is -2.25. The zero-order valence-corrected chi connectivity index (χ0v) is 54.2. The third kappa shape index (κ3) is 65.8. The SMILES string of the molecule is CC/C=C\C/C=C\C/C=C\C/C=C\C/C=C\C/C=C\C/C=C\C/C=C\C/C=C\CCCCCCCC(=O)OC(COC(=O)CCCCCCCCCC/C=C\C/C=C\C/C=C\C/C=C\C/C=C\C/C=C\CC)COC(OCC[N+](C)(C)C)C(=O)O. The molecular formula is C76H120NO8+. The van der Waals surface area contributed by atoms with Crippen molar-refractivity contribution in [2.24, 2.45) is 0 Å². The Labute approximate surface area is 519 Å². The van der Waals surface area contributed by atoms with E-state index in [1.165, 1.54) is 25.7 Å². The number of allylic oxidation sites excluding steroid dienone is 30. The summed E-state index contributed by atoms with van der Waals surface area (Å²) in [7, 11) is 5.95. The van der Waals surface area contributed by atoms with Crippen molar-refractivity contribution < 1.29 is 42.9 Å². The highest BCUT2D eigenvalue weighted by Crippen LogP contribution is 2.14. The van der Waals surface area contributed by atoms with E-state index in [2.05, 4.69) is 196 Å². The second kappa shape index (κ2) is 64.4. The van der Waals surface area contributed by atoms with Crippen LogP contribution in [0.1, 0.15) is 219 Å². The smallest absolute Gasteiger partial charge is 0.361 e. The first-order valence-corrected chi connectivity index (χ1v) is 32.9. The fourth-order valence-corrected chi connectivity index (χ4v) is 8.18. The van der Waals surface area contributed by atoms with E-state index >= 15 is 0 Å². The number of likely N-dealkylation sites (N-methyl/N-ethyl adjacent to an activating group) is 1. The van der Waals surface area contributed by atoms with Crippen molar-refractivity contribution in [2.75, 3.05) is 47.5 Å². The number of hydrogen-bond donors (Lipinski definition) is 1. The Hall–Kier alpha value is -5.61. The number of ether oxygens (including phenoxy) is 4. The van der Waals surface area contributed by atoms with Gasteiger partial charge < -0.3 is 28.5 Å². The van der Waals surface area contributed by atoms with Crippen molar-refractivity contribution in [2.45, 2.75) is 232 Å². The van der Waals surface area contributed by atoms with Gasteiger partial charge in [-0.2, -0.15) is 0 Å². The van der Waals surface area contributed by atoms with Gasteiger partial charge in [-0.3, -0.25) is 9.59 Å². The maximum atomic E-state index is 12.9. The summed E-state index contributed by atoms with van der Waals surface area (Å²) >= 11 is 0. The minimum Gasteiger partial charge on any atom is -0.477 e. The van der Waals surface area contributed by atoms with Crippen molar-refractivity contribution in [3.63, 3.8) is 0 Å². The van der Waals surface area contributed by atoms with E-state index in [1.807, 2.05) is 21.1 Å². The molecule has 0 aromatic rings. The summed E-state index contributed by atoms with van der Waals surface area (Å²) in [4.78, 5) is 37.6. The first-order valence-electron chi connectivity index (χ1n) is 32.9. The maximum Gasteiger partial charge on any atom is 0.361 e. The number of unbranched alkanes of at least 4 members (excludes halogenated alkanes) is 13. The maximum absolute atomic E-state index is 12.9. The van der Waals surface area contributed by atoms with E-state index < -0.39 is 24.3 Å². The van der Waals surface area contributed by atoms with Crippen molar-refractivity contribution in [1.82, 2.24) is 0 Å². The molecule has 0 heterocycles. The predicted molar refractivity (Wildman–Crippen MR) is 363 cm³/mol. The number of rotatable bonds is 58. The molecule has 476 valence electrons. The van der Waals surface area contributed by atoms with Gasteiger partial charge >= 0.3 is 17.9 Å². The second-order valence-electron chi connectivity index (χ2n) is 22.3. The summed E-state index contributed by atoms with van der Waals surface area (Å²) in [6.45, 7) is 4.59. The quantitative estimate of drug-likeness (QED) is 0.0211. The molecule has 2 unspecified atom stereocenters. The summed E-state index contributed by atoms with van der Waals surface area (Å²) in [5.74, 6) is -2.07. The molecule has 0 bridgehead atoms. The zero-order chi connectivity index (χ0) is 61.9. The van der Waals surface area contributed by atoms with Crippen LogP contribution in [0.2, 0.25) is 0 Å². The number of quaternary nitrogens is 1. The number of esters is 2. The van der Waals surface area contributed by atoms with Gasteiger partial charge in [0.1, 0.15) is 13.2 Å². The van der Waals surface area contributed by atoms with Crippen LogP contribution in [0.3, 0.4) is 0 Å². The lowest BCUT2D eigenvalue weighted by Crippen LogP contribution is -2.40. The van der Waals surface area contributed by atoms with Crippen LogP contribution in [0, 0.1) is 0 Å². The van der Waals surface area contributed by atoms with Gasteiger partial charge in [-0.15, -0.1) is 0 Å². The Morgan fingerprint density at radius 1 is 0.353 bits per heavy atom. The van der Waals surface area contributed by atoms with Crippen molar-refractivity contribution >= 4 is 17.9 Å². The van der Waals surface area contributed by atoms with Crippen LogP contribution in [-0.4, -0.2) is 87.4 Å². The molecular weight excluding hydrogens is 1050 g/mol. The molecule has 1 N–H and O–H groups in total. The first-order chi connectivity index (χ1) is 41.6. The third-order valence-electron chi connectivity index (χ3n) is 13.2. The molecule has 0 aliphatic heterocycles. The highest BCUT2D eigenvalue weighted by molar-refractivity contribution is 5.71. The van der Waals surface area contributed by atoms with E-state index in [9.17, 15) is 19.5 Å². The largest absolute Gasteiger partial charge is 0.477 e. The summed E-state index contributed by atoms with van der Waals surface area (Å²) < 4.78 is 22.9. The van der Waals surface area contributed by atoms with Crippen LogP contribution in [0.4, 0.5) is 0 Å². The molecule has 0 spiro atoms. The lowest BCUT2D eigenvalue weighted by atomic mass is 10.1. The minimum atomic E-state index is -1.53. The fraction of sp³-hybridized carbons (Fsp3) is 0.566. The first kappa shape index (κ1) is 79.4. The molecule has 0 aliphatic rings. The van der Waals surface area contributed by atoms with Gasteiger partial charge in [0.15, 0.2) is 6.10 Å². The van der Waals surface area contributed by atoms with Gasteiger partial charge in [0.2, 0.25) is 0 Å². The lowest BCUT2D eigenvalue weighted by molar-refractivity contribution is -0.870. The Morgan fingerprint density at radius 2 is 0.635 bits per heavy atom. The zero-order valence-electron chi connectivity index (χ0n) is 54.2. The highest BCUT2D eigenvalue weighted by atomic mass is 16.7. The normalized spacial score (nSPS) is 13.9. The molecule has 0 saturated heterocycles. The Bertz CT molecular complexity index is 2050. The molecule has 9 nitrogen and oxygen atoms in total. The molecule has 0 aromatic heterocycles. The van der Waals surface area contributed by atoms with Crippen LogP contribution in [0.25, 0.3) is 0 Å². The standard InChI is InChI=1S/C76H119NO8/c1-6-8-10-12-14-16-18-20-22-24-26-28-30-32-34-35-36-37-38-39-41-43-45-47-49-51-53-55-57-59-61-63-65-67-74(79)85-72(71-84-76(75(80)81)82-69-68-77(3,4)5)70-83-73(78)66-64-62-60-58-56-54-52-50-48-46-44-42-40-33-31-29-27-25-23-21-19-17-15-13-11-9-7-2/h8-11,14-17,20-23,26-29,32-34,36-37,39-41,44-47,51,53,72,76H,6-7,12-13,18-19,24-25,30-31,35,38,42-43,48-50,52,54-71H2,1-5H3/p+1/b10-8-,11-9-,16-14-,17-15-,22-20-,23-21-,28-26-,29-27-,34-32-,37-36-,40-33-,41-39-,46-44-,47-45-,53-51-. The van der Waals surface area contributed by atoms with E-state index in [0.29, 0.717) is 17.4 Å². The van der Waals surface area contributed by atoms with E-state index in [1.54, 1.807) is 0 Å². The Morgan fingerprint density at radius 3 is 0.941 bits per heavy atom. The van der Waals surface area contributed by atoms with Gasteiger partial charge in [-0.05, 0) is 135 Å². The Kier molecular flexibility index (Phi) is 60.1. The Balaban J connectivity index is 4.31. The summed E-state index contributed by atoms with van der Waals surface area (Å²) in [6, 6.07) is 0. The minimum absolute atomic E-state index is 0.171. The van der Waals surface area contributed by atoms with Crippen LogP contribution in [-0.2, 0) is 33.3 Å². The number of carbonyl (C=O) groups is 3. The van der Waals surface area contributed by atoms with Gasteiger partial charge in [0.25, 0.3) is 6.29 Å². The monoisotopic (exact) mass is 1170 g/mol. The van der Waals surface area contributed by atoms with Crippen LogP contribution >= 0.6 is 0 Å². The van der Waals surface area contributed by atoms with Crippen molar-refractivity contribution in [1.29, 1.82) is 0 Å². The molecule has 85 heavy (non-hydrogen) atoms. The van der Waals surface area contributed by atoms with Gasteiger partial charge in [-0.25, -0.2) is 4.79 Å². The number of aliphatic carboxylic acids is 1. The number of carboxylic acids is 1. The third-order valence-corrected chi connectivity index (χ3v) is 13.2. The van der Waals surface area contributed by atoms with Gasteiger partial charge in [-0.1, -0.05) is 254 Å². The highest BCUT2D eigenvalue weighted by Gasteiger charge is 2.25. The predicted octanol–water partition coefficient (Wildman–Crippen LogP) is 20.5. The number of nitrogens with zero attached hydrogens (tertiary/aromatic N) is 1. The van der Waals surface area contributed by atoms with Crippen molar-refractivity contribution in [3.05, 3.63) is 182 Å². The van der Waals surface area contributed by atoms with Crippen molar-refractivity contribution in [3.8, 4) is 0 Å². The molecule has 0 radical (unpaired) electrons. The molecule has 2 atom stereocenters. The average molecular weight is 1180 g/mol. The van der Waals surface area contributed by atoms with E-state index in [0.717, 1.165) is 161 Å². The van der Waals surface area contributed by atoms with E-state index in [-0.39, 0.29) is 38.6 Å². The molecule has 9 heteroatoms. The summed E-state index contributed by atoms with van der Waals surface area (Å²) in [5.41, 5.74) is 0. The van der Waals surface area contributed by atoms with Crippen LogP contribution in [0.15, 0.2) is 182 Å². The molecule has 0 amide bonds. The molecule has 0 aliphatic carbocycles. The number of carbonyl (C=O) groups excluding carboxylic acids is 2. The summed E-state index contributed by atoms with van der Waals surface area (Å²) in [6.07, 6.45) is 95.5. The number of carboxylic acid groups (broad SMARTS) is 1. The molecule has 0 rings (SSSR count). The van der Waals surface area contributed by atoms with Crippen LogP contribution in [0.5, 0.6) is 0 Å². The van der Waals surface area contributed by atoms with Gasteiger partial charge in [0, 0.05) is 12.8 Å². The number of hydrogen-bond acceptors (Lipinski definition) is 7. The molecule has 0 aromatic carbocycles. The van der Waals surface area contributed by atoms with E-state index in [4.69, 9.17) is 18.9 Å². The topological polar surface area (TPSA) is 108 Å². The van der Waals surface area contributed by atoms with Crippen LogP contribution < -0.4 is 0 Å². The molecule has 0 fully saturated rings. The fourth-order valence-electron chi connectivity index (χ4n) is 8.18. The van der Waals surface area contributed by atoms with Gasteiger partial charge in [0.05, 0.1) is 34.4 Å². The average Bonchev–Trinajstić information content (AvgIpc) is 3.49. The molecule has 0 saturated carbocycles.